The third kappa shape index (κ3) is 6.16. The molecule has 4 nitrogen and oxygen atoms in total. The van der Waals surface area contributed by atoms with Gasteiger partial charge in [0.1, 0.15) is 0 Å². The minimum absolute atomic E-state index is 0.0330. The van der Waals surface area contributed by atoms with Crippen LogP contribution in [0.25, 0.3) is 0 Å². The Morgan fingerprint density at radius 2 is 2.17 bits per heavy atom. The van der Waals surface area contributed by atoms with Crippen LogP contribution in [0.2, 0.25) is 0 Å². The molecule has 0 fully saturated rings. The fraction of sp³-hybridized carbons (Fsp3) is 0.500. The number of carboxylic acids is 1. The summed E-state index contributed by atoms with van der Waals surface area (Å²) in [5, 5.41) is 11.4. The number of rotatable bonds is 7. The van der Waals surface area contributed by atoms with Crippen LogP contribution in [0.3, 0.4) is 0 Å². The zero-order valence-corrected chi connectivity index (χ0v) is 12.5. The first-order valence-corrected chi connectivity index (χ1v) is 7.31. The van der Waals surface area contributed by atoms with Crippen molar-refractivity contribution in [2.45, 2.75) is 26.2 Å². The topological polar surface area (TPSA) is 66.4 Å². The molecule has 0 aliphatic heterocycles. The number of halogens is 1. The van der Waals surface area contributed by atoms with E-state index in [1.165, 1.54) is 4.88 Å². The van der Waals surface area contributed by atoms with Crippen molar-refractivity contribution in [1.29, 1.82) is 0 Å². The first kappa shape index (κ1) is 15.2. The molecule has 1 rings (SSSR count). The zero-order valence-electron chi connectivity index (χ0n) is 10.1. The summed E-state index contributed by atoms with van der Waals surface area (Å²) >= 11 is 5.03. The monoisotopic (exact) mass is 333 g/mol. The van der Waals surface area contributed by atoms with Crippen LogP contribution < -0.4 is 5.32 Å². The minimum atomic E-state index is -0.862. The molecule has 1 atom stereocenters. The largest absolute Gasteiger partial charge is 0.481 e. The predicted octanol–water partition coefficient (Wildman–Crippen LogP) is 2.67. The zero-order chi connectivity index (χ0) is 13.5. The number of thiophene rings is 1. The highest BCUT2D eigenvalue weighted by molar-refractivity contribution is 9.11. The van der Waals surface area contributed by atoms with Crippen molar-refractivity contribution in [2.24, 2.45) is 5.92 Å². The van der Waals surface area contributed by atoms with Gasteiger partial charge in [-0.15, -0.1) is 11.3 Å². The lowest BCUT2D eigenvalue weighted by Crippen LogP contribution is -2.27. The molecule has 0 saturated carbocycles. The average Bonchev–Trinajstić information content (AvgIpc) is 2.62. The van der Waals surface area contributed by atoms with Gasteiger partial charge in [0.05, 0.1) is 3.79 Å². The Morgan fingerprint density at radius 3 is 2.72 bits per heavy atom. The van der Waals surface area contributed by atoms with E-state index in [1.807, 2.05) is 12.1 Å². The number of carboxylic acid groups (broad SMARTS) is 1. The summed E-state index contributed by atoms with van der Waals surface area (Å²) in [4.78, 5) is 23.2. The van der Waals surface area contributed by atoms with Gasteiger partial charge in [0.25, 0.3) is 0 Å². The van der Waals surface area contributed by atoms with Crippen molar-refractivity contribution in [3.63, 3.8) is 0 Å². The van der Waals surface area contributed by atoms with E-state index in [0.717, 1.165) is 10.2 Å². The molecule has 0 aliphatic carbocycles. The molecule has 18 heavy (non-hydrogen) atoms. The van der Waals surface area contributed by atoms with Crippen molar-refractivity contribution < 1.29 is 14.7 Å². The number of amides is 1. The average molecular weight is 334 g/mol. The Balaban J connectivity index is 2.19. The molecule has 0 spiro atoms. The highest BCUT2D eigenvalue weighted by Gasteiger charge is 2.12. The van der Waals surface area contributed by atoms with Gasteiger partial charge in [-0.25, -0.2) is 0 Å². The molecule has 0 aromatic carbocycles. The van der Waals surface area contributed by atoms with Gasteiger partial charge in [-0.3, -0.25) is 9.59 Å². The summed E-state index contributed by atoms with van der Waals surface area (Å²) in [6.45, 7) is 2.36. The molecular formula is C12H16BrNO3S. The van der Waals surface area contributed by atoms with Gasteiger partial charge in [0, 0.05) is 24.3 Å². The van der Waals surface area contributed by atoms with Crippen LogP contribution in [0, 0.1) is 5.92 Å². The van der Waals surface area contributed by atoms with Crippen LogP contribution in [0.5, 0.6) is 0 Å². The Bertz CT molecular complexity index is 419. The molecule has 0 bridgehead atoms. The van der Waals surface area contributed by atoms with E-state index < -0.39 is 5.97 Å². The molecule has 2 N–H and O–H groups in total. The van der Waals surface area contributed by atoms with Crippen molar-refractivity contribution >= 4 is 39.1 Å². The SMILES string of the molecule is CC(CC(=O)O)CC(=O)NCCc1ccc(Br)s1. The van der Waals surface area contributed by atoms with E-state index in [4.69, 9.17) is 5.11 Å². The lowest BCUT2D eigenvalue weighted by atomic mass is 10.0. The molecule has 0 saturated heterocycles. The van der Waals surface area contributed by atoms with Gasteiger partial charge in [-0.1, -0.05) is 6.92 Å². The fourth-order valence-electron chi connectivity index (χ4n) is 1.57. The second kappa shape index (κ2) is 7.53. The number of nitrogens with one attached hydrogen (secondary N) is 1. The van der Waals surface area contributed by atoms with Gasteiger partial charge < -0.3 is 10.4 Å². The Hall–Kier alpha value is -0.880. The minimum Gasteiger partial charge on any atom is -0.481 e. The molecule has 0 aliphatic rings. The maximum absolute atomic E-state index is 11.5. The van der Waals surface area contributed by atoms with Gasteiger partial charge in [-0.05, 0) is 40.4 Å². The van der Waals surface area contributed by atoms with E-state index >= 15 is 0 Å². The molecule has 100 valence electrons. The maximum Gasteiger partial charge on any atom is 0.303 e. The third-order valence-corrected chi connectivity index (χ3v) is 4.06. The first-order chi connectivity index (χ1) is 8.47. The molecule has 1 unspecified atom stereocenters. The van der Waals surface area contributed by atoms with E-state index in [1.54, 1.807) is 18.3 Å². The predicted molar refractivity (Wildman–Crippen MR) is 74.8 cm³/mol. The molecule has 0 radical (unpaired) electrons. The van der Waals surface area contributed by atoms with E-state index in [2.05, 4.69) is 21.2 Å². The maximum atomic E-state index is 11.5. The number of carbonyl (C=O) groups is 2. The quantitative estimate of drug-likeness (QED) is 0.806. The third-order valence-electron chi connectivity index (χ3n) is 2.38. The first-order valence-electron chi connectivity index (χ1n) is 5.70. The van der Waals surface area contributed by atoms with Crippen molar-refractivity contribution in [2.75, 3.05) is 6.54 Å². The highest BCUT2D eigenvalue weighted by atomic mass is 79.9. The summed E-state index contributed by atoms with van der Waals surface area (Å²) in [7, 11) is 0. The summed E-state index contributed by atoms with van der Waals surface area (Å²) < 4.78 is 1.08. The molecule has 1 aromatic rings. The molecule has 1 amide bonds. The smallest absolute Gasteiger partial charge is 0.303 e. The van der Waals surface area contributed by atoms with Gasteiger partial charge in [-0.2, -0.15) is 0 Å². The Kier molecular flexibility index (Phi) is 6.35. The lowest BCUT2D eigenvalue weighted by Gasteiger charge is -2.08. The lowest BCUT2D eigenvalue weighted by molar-refractivity contribution is -0.138. The van der Waals surface area contributed by atoms with Crippen LogP contribution in [-0.2, 0) is 16.0 Å². The number of carbonyl (C=O) groups excluding carboxylic acids is 1. The molecule has 6 heteroatoms. The summed E-state index contributed by atoms with van der Waals surface area (Å²) in [5.74, 6) is -1.07. The van der Waals surface area contributed by atoms with E-state index in [9.17, 15) is 9.59 Å². The standard InChI is InChI=1S/C12H16BrNO3S/c1-8(7-12(16)17)6-11(15)14-5-4-9-2-3-10(13)18-9/h2-3,8H,4-7H2,1H3,(H,14,15)(H,16,17). The van der Waals surface area contributed by atoms with Crippen LogP contribution in [0.15, 0.2) is 15.9 Å². The van der Waals surface area contributed by atoms with Gasteiger partial charge in [0.2, 0.25) is 5.91 Å². The van der Waals surface area contributed by atoms with Gasteiger partial charge >= 0.3 is 5.97 Å². The summed E-state index contributed by atoms with van der Waals surface area (Å²) in [5.41, 5.74) is 0. The number of aliphatic carboxylic acids is 1. The normalized spacial score (nSPS) is 12.1. The number of hydrogen-bond acceptors (Lipinski definition) is 3. The van der Waals surface area contributed by atoms with Crippen LogP contribution >= 0.6 is 27.3 Å². The number of hydrogen-bond donors (Lipinski definition) is 2. The summed E-state index contributed by atoms with van der Waals surface area (Å²) in [6.07, 6.45) is 1.10. The fourth-order valence-corrected chi connectivity index (χ4v) is 3.05. The van der Waals surface area contributed by atoms with Crippen LogP contribution in [0.1, 0.15) is 24.6 Å². The van der Waals surface area contributed by atoms with Crippen molar-refractivity contribution in [3.05, 3.63) is 20.8 Å². The Morgan fingerprint density at radius 1 is 1.44 bits per heavy atom. The van der Waals surface area contributed by atoms with E-state index in [0.29, 0.717) is 6.54 Å². The molecule has 1 aromatic heterocycles. The second-order valence-electron chi connectivity index (χ2n) is 4.21. The van der Waals surface area contributed by atoms with Crippen LogP contribution in [-0.4, -0.2) is 23.5 Å². The van der Waals surface area contributed by atoms with Crippen molar-refractivity contribution in [1.82, 2.24) is 5.32 Å². The second-order valence-corrected chi connectivity index (χ2v) is 6.76. The Labute approximate surface area is 119 Å². The molecule has 1 heterocycles. The van der Waals surface area contributed by atoms with Gasteiger partial charge in [0.15, 0.2) is 0 Å². The highest BCUT2D eigenvalue weighted by Crippen LogP contribution is 2.22. The van der Waals surface area contributed by atoms with E-state index in [-0.39, 0.29) is 24.7 Å². The summed E-state index contributed by atoms with van der Waals surface area (Å²) in [6, 6.07) is 4.00. The van der Waals surface area contributed by atoms with Crippen molar-refractivity contribution in [3.8, 4) is 0 Å². The van der Waals surface area contributed by atoms with Crippen LogP contribution in [0.4, 0.5) is 0 Å². The molecular weight excluding hydrogens is 318 g/mol.